The molecule has 0 saturated carbocycles. The predicted molar refractivity (Wildman–Crippen MR) is 110 cm³/mol. The molecule has 6 heteroatoms. The van der Waals surface area contributed by atoms with Crippen molar-refractivity contribution in [1.29, 1.82) is 0 Å². The van der Waals surface area contributed by atoms with Crippen LogP contribution in [0.25, 0.3) is 16.3 Å². The van der Waals surface area contributed by atoms with Gasteiger partial charge in [0.05, 0.1) is 16.8 Å². The summed E-state index contributed by atoms with van der Waals surface area (Å²) in [5, 5.41) is 0. The van der Waals surface area contributed by atoms with Crippen molar-refractivity contribution in [3.05, 3.63) is 69.4 Å². The predicted octanol–water partition coefficient (Wildman–Crippen LogP) is 4.64. The highest BCUT2D eigenvalue weighted by Crippen LogP contribution is 2.22. The first-order valence-corrected chi connectivity index (χ1v) is 9.97. The van der Waals surface area contributed by atoms with E-state index in [-0.39, 0.29) is 5.91 Å². The number of rotatable bonds is 6. The standard InChI is InChI=1S/C20H19BrN2O2S/c1-2-25-13-12-23-17-10-9-16(21)14-18(17)26-20(23)22-19(24)11-8-15-6-4-3-5-7-15/h3-11,14H,2,12-13H2,1H3. The van der Waals surface area contributed by atoms with Crippen LogP contribution < -0.4 is 4.80 Å². The maximum Gasteiger partial charge on any atom is 0.272 e. The van der Waals surface area contributed by atoms with Crippen LogP contribution in [-0.2, 0) is 16.1 Å². The fourth-order valence-corrected chi connectivity index (χ4v) is 4.13. The Morgan fingerprint density at radius 1 is 1.27 bits per heavy atom. The van der Waals surface area contributed by atoms with Gasteiger partial charge < -0.3 is 9.30 Å². The Hall–Kier alpha value is -2.02. The largest absolute Gasteiger partial charge is 0.380 e. The zero-order chi connectivity index (χ0) is 18.4. The summed E-state index contributed by atoms with van der Waals surface area (Å²) in [7, 11) is 0. The molecular weight excluding hydrogens is 412 g/mol. The number of hydrogen-bond acceptors (Lipinski definition) is 3. The molecule has 3 aromatic rings. The molecule has 0 fully saturated rings. The third kappa shape index (κ3) is 4.78. The molecule has 0 spiro atoms. The van der Waals surface area contributed by atoms with Gasteiger partial charge in [-0.2, -0.15) is 4.99 Å². The number of carbonyl (C=O) groups excluding carboxylic acids is 1. The van der Waals surface area contributed by atoms with Gasteiger partial charge in [-0.3, -0.25) is 4.79 Å². The molecule has 0 unspecified atom stereocenters. The van der Waals surface area contributed by atoms with Crippen molar-refractivity contribution < 1.29 is 9.53 Å². The Labute approximate surface area is 164 Å². The number of hydrogen-bond donors (Lipinski definition) is 0. The molecule has 0 N–H and O–H groups in total. The van der Waals surface area contributed by atoms with Gasteiger partial charge in [0, 0.05) is 23.7 Å². The Morgan fingerprint density at radius 2 is 2.08 bits per heavy atom. The van der Waals surface area contributed by atoms with Crippen molar-refractivity contribution >= 4 is 49.5 Å². The van der Waals surface area contributed by atoms with E-state index in [0.29, 0.717) is 24.6 Å². The van der Waals surface area contributed by atoms with E-state index in [0.717, 1.165) is 20.3 Å². The number of nitrogens with zero attached hydrogens (tertiary/aromatic N) is 2. The zero-order valence-electron chi connectivity index (χ0n) is 14.4. The molecule has 0 aliphatic rings. The van der Waals surface area contributed by atoms with Gasteiger partial charge in [-0.1, -0.05) is 57.6 Å². The van der Waals surface area contributed by atoms with Crippen molar-refractivity contribution in [1.82, 2.24) is 4.57 Å². The normalized spacial score (nSPS) is 12.3. The topological polar surface area (TPSA) is 43.6 Å². The third-order valence-electron chi connectivity index (χ3n) is 3.73. The highest BCUT2D eigenvalue weighted by molar-refractivity contribution is 9.10. The van der Waals surface area contributed by atoms with Crippen molar-refractivity contribution in [2.45, 2.75) is 13.5 Å². The van der Waals surface area contributed by atoms with Gasteiger partial charge in [0.2, 0.25) is 0 Å². The van der Waals surface area contributed by atoms with E-state index in [1.807, 2.05) is 60.0 Å². The minimum atomic E-state index is -0.273. The average molecular weight is 431 g/mol. The third-order valence-corrected chi connectivity index (χ3v) is 5.27. The molecule has 26 heavy (non-hydrogen) atoms. The Morgan fingerprint density at radius 3 is 2.85 bits per heavy atom. The van der Waals surface area contributed by atoms with Crippen LogP contribution >= 0.6 is 27.3 Å². The second-order valence-electron chi connectivity index (χ2n) is 5.54. The van der Waals surface area contributed by atoms with Crippen molar-refractivity contribution in [2.24, 2.45) is 4.99 Å². The first kappa shape index (κ1) is 18.8. The summed E-state index contributed by atoms with van der Waals surface area (Å²) in [6.07, 6.45) is 3.28. The molecule has 0 aliphatic carbocycles. The van der Waals surface area contributed by atoms with Crippen LogP contribution in [-0.4, -0.2) is 23.7 Å². The number of fused-ring (bicyclic) bond motifs is 1. The lowest BCUT2D eigenvalue weighted by Gasteiger charge is -2.05. The SMILES string of the molecule is CCOCCn1c(=NC(=O)C=Cc2ccccc2)sc2cc(Br)ccc21. The van der Waals surface area contributed by atoms with Crippen molar-refractivity contribution in [2.75, 3.05) is 13.2 Å². The van der Waals surface area contributed by atoms with Gasteiger partial charge in [0.25, 0.3) is 5.91 Å². The van der Waals surface area contributed by atoms with E-state index in [1.165, 1.54) is 17.4 Å². The number of thiazole rings is 1. The second kappa shape index (κ2) is 9.07. The highest BCUT2D eigenvalue weighted by atomic mass is 79.9. The van der Waals surface area contributed by atoms with Gasteiger partial charge in [-0.05, 0) is 36.8 Å². The van der Waals surface area contributed by atoms with E-state index in [2.05, 4.69) is 20.9 Å². The fraction of sp³-hybridized carbons (Fsp3) is 0.200. The lowest BCUT2D eigenvalue weighted by Crippen LogP contribution is -2.19. The smallest absolute Gasteiger partial charge is 0.272 e. The van der Waals surface area contributed by atoms with E-state index < -0.39 is 0 Å². The lowest BCUT2D eigenvalue weighted by molar-refractivity contribution is -0.113. The van der Waals surface area contributed by atoms with Gasteiger partial charge >= 0.3 is 0 Å². The van der Waals surface area contributed by atoms with Gasteiger partial charge in [-0.15, -0.1) is 0 Å². The first-order valence-electron chi connectivity index (χ1n) is 8.36. The van der Waals surface area contributed by atoms with Crippen molar-refractivity contribution in [3.8, 4) is 0 Å². The molecule has 1 amide bonds. The van der Waals surface area contributed by atoms with Crippen LogP contribution in [0.4, 0.5) is 0 Å². The fourth-order valence-electron chi connectivity index (χ4n) is 2.51. The first-order chi connectivity index (χ1) is 12.7. The number of carbonyl (C=O) groups is 1. The number of aromatic nitrogens is 1. The molecule has 0 aliphatic heterocycles. The Balaban J connectivity index is 1.93. The van der Waals surface area contributed by atoms with Crippen LogP contribution in [0.1, 0.15) is 12.5 Å². The summed E-state index contributed by atoms with van der Waals surface area (Å²) in [5.41, 5.74) is 2.03. The van der Waals surface area contributed by atoms with Gasteiger partial charge in [0.1, 0.15) is 0 Å². The van der Waals surface area contributed by atoms with E-state index in [9.17, 15) is 4.79 Å². The van der Waals surface area contributed by atoms with E-state index >= 15 is 0 Å². The van der Waals surface area contributed by atoms with Crippen LogP contribution in [0, 0.1) is 0 Å². The molecule has 2 aromatic carbocycles. The second-order valence-corrected chi connectivity index (χ2v) is 7.46. The minimum Gasteiger partial charge on any atom is -0.380 e. The summed E-state index contributed by atoms with van der Waals surface area (Å²) in [6, 6.07) is 15.8. The quantitative estimate of drug-likeness (QED) is 0.422. The molecule has 4 nitrogen and oxygen atoms in total. The molecule has 0 saturated heterocycles. The summed E-state index contributed by atoms with van der Waals surface area (Å²) in [6.45, 7) is 3.87. The number of ether oxygens (including phenoxy) is 1. The summed E-state index contributed by atoms with van der Waals surface area (Å²) < 4.78 is 9.60. The van der Waals surface area contributed by atoms with Gasteiger partial charge in [-0.25, -0.2) is 0 Å². The molecule has 3 rings (SSSR count). The van der Waals surface area contributed by atoms with Crippen LogP contribution in [0.2, 0.25) is 0 Å². The van der Waals surface area contributed by atoms with Crippen molar-refractivity contribution in [3.63, 3.8) is 0 Å². The van der Waals surface area contributed by atoms with Crippen LogP contribution in [0.5, 0.6) is 0 Å². The van der Waals surface area contributed by atoms with Crippen LogP contribution in [0.15, 0.2) is 64.1 Å². The Bertz CT molecular complexity index is 990. The highest BCUT2D eigenvalue weighted by Gasteiger charge is 2.07. The maximum absolute atomic E-state index is 12.3. The summed E-state index contributed by atoms with van der Waals surface area (Å²) in [4.78, 5) is 17.3. The Kier molecular flexibility index (Phi) is 6.55. The number of amides is 1. The average Bonchev–Trinajstić information content (AvgIpc) is 2.97. The molecule has 1 aromatic heterocycles. The number of benzene rings is 2. The van der Waals surface area contributed by atoms with E-state index in [1.54, 1.807) is 6.08 Å². The number of halogens is 1. The molecular formula is C20H19BrN2O2S. The molecule has 0 atom stereocenters. The minimum absolute atomic E-state index is 0.273. The molecule has 1 heterocycles. The molecule has 0 bridgehead atoms. The maximum atomic E-state index is 12.3. The van der Waals surface area contributed by atoms with Gasteiger partial charge in [0.15, 0.2) is 4.80 Å². The molecule has 134 valence electrons. The summed E-state index contributed by atoms with van der Waals surface area (Å²) >= 11 is 5.00. The zero-order valence-corrected chi connectivity index (χ0v) is 16.8. The summed E-state index contributed by atoms with van der Waals surface area (Å²) in [5.74, 6) is -0.273. The monoisotopic (exact) mass is 430 g/mol. The van der Waals surface area contributed by atoms with Crippen LogP contribution in [0.3, 0.4) is 0 Å². The lowest BCUT2D eigenvalue weighted by atomic mass is 10.2. The molecule has 0 radical (unpaired) electrons. The van der Waals surface area contributed by atoms with E-state index in [4.69, 9.17) is 4.74 Å².